The number of hydrogen-bond acceptors (Lipinski definition) is 3. The molecular weight excluding hydrogens is 272 g/mol. The molecule has 16 heavy (non-hydrogen) atoms. The summed E-state index contributed by atoms with van der Waals surface area (Å²) >= 11 is 3.40. The minimum absolute atomic E-state index is 0.120. The lowest BCUT2D eigenvalue weighted by Crippen LogP contribution is -2.01. The molecule has 0 radical (unpaired) electrons. The number of carbonyl (C=O) groups excluding carboxylic acids is 1. The Hall–Kier alpha value is -1.03. The number of hydrogen-bond donors (Lipinski definition) is 0. The van der Waals surface area contributed by atoms with Gasteiger partial charge < -0.3 is 14.3 Å². The standard InChI is InChI=1S/C12H15BrO3/c1-8(6-7-14)9-4-5-10(13)12(16-3)11(9)15-2/h4-5,7-8H,6H2,1-3H3. The molecule has 0 saturated heterocycles. The fraction of sp³-hybridized carbons (Fsp3) is 0.417. The van der Waals surface area contributed by atoms with Crippen molar-refractivity contribution in [3.05, 3.63) is 22.2 Å². The van der Waals surface area contributed by atoms with Crippen molar-refractivity contribution in [3.8, 4) is 11.5 Å². The molecule has 1 aromatic carbocycles. The molecular formula is C12H15BrO3. The van der Waals surface area contributed by atoms with Crippen molar-refractivity contribution in [3.63, 3.8) is 0 Å². The smallest absolute Gasteiger partial charge is 0.175 e. The second-order valence-corrected chi connectivity index (χ2v) is 4.36. The second kappa shape index (κ2) is 5.89. The van der Waals surface area contributed by atoms with Crippen LogP contribution in [0.1, 0.15) is 24.8 Å². The lowest BCUT2D eigenvalue weighted by Gasteiger charge is -2.17. The van der Waals surface area contributed by atoms with Crippen molar-refractivity contribution < 1.29 is 14.3 Å². The zero-order chi connectivity index (χ0) is 12.1. The van der Waals surface area contributed by atoms with E-state index in [1.807, 2.05) is 19.1 Å². The summed E-state index contributed by atoms with van der Waals surface area (Å²) in [4.78, 5) is 10.5. The highest BCUT2D eigenvalue weighted by atomic mass is 79.9. The van der Waals surface area contributed by atoms with Crippen LogP contribution in [0.5, 0.6) is 11.5 Å². The number of benzene rings is 1. The summed E-state index contributed by atoms with van der Waals surface area (Å²) < 4.78 is 11.5. The molecule has 1 unspecified atom stereocenters. The molecule has 0 aliphatic rings. The third-order valence-electron chi connectivity index (χ3n) is 2.48. The van der Waals surface area contributed by atoms with Crippen LogP contribution in [-0.2, 0) is 4.79 Å². The molecule has 0 fully saturated rings. The number of halogens is 1. The minimum Gasteiger partial charge on any atom is -0.493 e. The molecule has 0 aromatic heterocycles. The van der Waals surface area contributed by atoms with Gasteiger partial charge in [-0.25, -0.2) is 0 Å². The SMILES string of the molecule is COc1c(Br)ccc(C(C)CC=O)c1OC. The zero-order valence-electron chi connectivity index (χ0n) is 9.62. The molecule has 88 valence electrons. The number of ether oxygens (including phenoxy) is 2. The summed E-state index contributed by atoms with van der Waals surface area (Å²) in [5.74, 6) is 1.47. The number of methoxy groups -OCH3 is 2. The predicted molar refractivity (Wildman–Crippen MR) is 66.3 cm³/mol. The first-order valence-corrected chi connectivity index (χ1v) is 5.79. The molecule has 0 saturated carbocycles. The third kappa shape index (κ3) is 2.55. The van der Waals surface area contributed by atoms with Gasteiger partial charge in [0.05, 0.1) is 18.7 Å². The van der Waals surface area contributed by atoms with Gasteiger partial charge in [-0.2, -0.15) is 0 Å². The Kier molecular flexibility index (Phi) is 4.80. The maximum absolute atomic E-state index is 10.5. The summed E-state index contributed by atoms with van der Waals surface area (Å²) in [6, 6.07) is 3.84. The van der Waals surface area contributed by atoms with Crippen LogP contribution < -0.4 is 9.47 Å². The summed E-state index contributed by atoms with van der Waals surface area (Å²) in [7, 11) is 3.19. The molecule has 0 aliphatic carbocycles. The Bertz CT molecular complexity index is 377. The fourth-order valence-electron chi connectivity index (χ4n) is 1.61. The summed E-state index contributed by atoms with van der Waals surface area (Å²) in [6.45, 7) is 1.99. The minimum atomic E-state index is 0.120. The average molecular weight is 287 g/mol. The maximum Gasteiger partial charge on any atom is 0.175 e. The highest BCUT2D eigenvalue weighted by Crippen LogP contribution is 2.41. The van der Waals surface area contributed by atoms with E-state index in [-0.39, 0.29) is 5.92 Å². The predicted octanol–water partition coefficient (Wildman–Crippen LogP) is 3.16. The molecule has 1 aromatic rings. The van der Waals surface area contributed by atoms with Crippen molar-refractivity contribution >= 4 is 22.2 Å². The quantitative estimate of drug-likeness (QED) is 0.780. The Labute approximate surface area is 104 Å². The summed E-state index contributed by atoms with van der Waals surface area (Å²) in [6.07, 6.45) is 1.39. The van der Waals surface area contributed by atoms with Crippen molar-refractivity contribution in [1.29, 1.82) is 0 Å². The van der Waals surface area contributed by atoms with Gasteiger partial charge in [-0.3, -0.25) is 0 Å². The Morgan fingerprint density at radius 2 is 1.94 bits per heavy atom. The van der Waals surface area contributed by atoms with Gasteiger partial charge >= 0.3 is 0 Å². The van der Waals surface area contributed by atoms with E-state index in [2.05, 4.69) is 15.9 Å². The molecule has 3 nitrogen and oxygen atoms in total. The molecule has 1 rings (SSSR count). The van der Waals surface area contributed by atoms with Crippen LogP contribution in [0.3, 0.4) is 0 Å². The van der Waals surface area contributed by atoms with Gasteiger partial charge in [0.25, 0.3) is 0 Å². The van der Waals surface area contributed by atoms with Crippen LogP contribution in [0.25, 0.3) is 0 Å². The van der Waals surface area contributed by atoms with Crippen LogP contribution in [0, 0.1) is 0 Å². The van der Waals surface area contributed by atoms with Gasteiger partial charge in [-0.05, 0) is 27.9 Å². The molecule has 0 aliphatic heterocycles. The van der Waals surface area contributed by atoms with E-state index in [9.17, 15) is 4.79 Å². The third-order valence-corrected chi connectivity index (χ3v) is 3.11. The first-order valence-electron chi connectivity index (χ1n) is 4.99. The van der Waals surface area contributed by atoms with Gasteiger partial charge in [-0.15, -0.1) is 0 Å². The van der Waals surface area contributed by atoms with Gasteiger partial charge in [-0.1, -0.05) is 13.0 Å². The lowest BCUT2D eigenvalue weighted by atomic mass is 9.97. The molecule has 0 bridgehead atoms. The van der Waals surface area contributed by atoms with Crippen LogP contribution in [0.4, 0.5) is 0 Å². The first kappa shape index (κ1) is 13.0. The van der Waals surface area contributed by atoms with E-state index < -0.39 is 0 Å². The normalized spacial score (nSPS) is 12.0. The average Bonchev–Trinajstić information content (AvgIpc) is 2.28. The fourth-order valence-corrected chi connectivity index (χ4v) is 2.09. The highest BCUT2D eigenvalue weighted by molar-refractivity contribution is 9.10. The van der Waals surface area contributed by atoms with Crippen molar-refractivity contribution in [1.82, 2.24) is 0 Å². The van der Waals surface area contributed by atoms with Crippen LogP contribution >= 0.6 is 15.9 Å². The van der Waals surface area contributed by atoms with E-state index in [0.717, 1.165) is 16.3 Å². The van der Waals surface area contributed by atoms with Crippen molar-refractivity contribution in [2.45, 2.75) is 19.3 Å². The Balaban J connectivity index is 3.23. The van der Waals surface area contributed by atoms with E-state index >= 15 is 0 Å². The molecule has 4 heteroatoms. The number of aldehydes is 1. The van der Waals surface area contributed by atoms with Crippen molar-refractivity contribution in [2.75, 3.05) is 14.2 Å². The summed E-state index contributed by atoms with van der Waals surface area (Å²) in [5, 5.41) is 0. The highest BCUT2D eigenvalue weighted by Gasteiger charge is 2.17. The van der Waals surface area contributed by atoms with Crippen LogP contribution in [-0.4, -0.2) is 20.5 Å². The largest absolute Gasteiger partial charge is 0.493 e. The van der Waals surface area contributed by atoms with Crippen LogP contribution in [0.15, 0.2) is 16.6 Å². The molecule has 0 amide bonds. The van der Waals surface area contributed by atoms with Gasteiger partial charge in [0.15, 0.2) is 11.5 Å². The van der Waals surface area contributed by atoms with Crippen molar-refractivity contribution in [2.24, 2.45) is 0 Å². The first-order chi connectivity index (χ1) is 7.65. The maximum atomic E-state index is 10.5. The van der Waals surface area contributed by atoms with Gasteiger partial charge in [0.1, 0.15) is 6.29 Å². The molecule has 0 heterocycles. The van der Waals surface area contributed by atoms with E-state index in [1.54, 1.807) is 14.2 Å². The monoisotopic (exact) mass is 286 g/mol. The van der Waals surface area contributed by atoms with E-state index in [4.69, 9.17) is 9.47 Å². The Morgan fingerprint density at radius 3 is 2.44 bits per heavy atom. The zero-order valence-corrected chi connectivity index (χ0v) is 11.2. The topological polar surface area (TPSA) is 35.5 Å². The lowest BCUT2D eigenvalue weighted by molar-refractivity contribution is -0.108. The van der Waals surface area contributed by atoms with E-state index in [1.165, 1.54) is 0 Å². The molecule has 0 spiro atoms. The second-order valence-electron chi connectivity index (χ2n) is 3.51. The molecule has 1 atom stereocenters. The Morgan fingerprint density at radius 1 is 1.31 bits per heavy atom. The number of carbonyl (C=O) groups is 1. The molecule has 0 N–H and O–H groups in total. The number of rotatable bonds is 5. The summed E-state index contributed by atoms with van der Waals surface area (Å²) in [5.41, 5.74) is 0.981. The van der Waals surface area contributed by atoms with E-state index in [0.29, 0.717) is 17.9 Å². The van der Waals surface area contributed by atoms with Gasteiger partial charge in [0.2, 0.25) is 0 Å². The van der Waals surface area contributed by atoms with Gasteiger partial charge in [0, 0.05) is 12.0 Å². The van der Waals surface area contributed by atoms with Crippen LogP contribution in [0.2, 0.25) is 0 Å².